The summed E-state index contributed by atoms with van der Waals surface area (Å²) >= 11 is 0.864. The maximum atomic E-state index is 11.0. The fourth-order valence-corrected chi connectivity index (χ4v) is 1.86. The van der Waals surface area contributed by atoms with Gasteiger partial charge in [0.05, 0.1) is 0 Å². The van der Waals surface area contributed by atoms with Gasteiger partial charge in [0.2, 0.25) is 0 Å². The molecule has 15 heavy (non-hydrogen) atoms. The second kappa shape index (κ2) is 3.86. The summed E-state index contributed by atoms with van der Waals surface area (Å²) in [6.45, 7) is 0. The first-order valence-corrected chi connectivity index (χ1v) is 5.14. The van der Waals surface area contributed by atoms with Crippen LogP contribution >= 0.6 is 11.8 Å². The van der Waals surface area contributed by atoms with Gasteiger partial charge in [-0.3, -0.25) is 9.59 Å². The quantitative estimate of drug-likeness (QED) is 0.669. The number of carbonyl (C=O) groups excluding carboxylic acids is 2. The summed E-state index contributed by atoms with van der Waals surface area (Å²) in [4.78, 5) is 27.3. The lowest BCUT2D eigenvalue weighted by Gasteiger charge is -2.16. The summed E-state index contributed by atoms with van der Waals surface area (Å²) in [5.41, 5.74) is 0.895. The second-order valence-corrected chi connectivity index (χ2v) is 3.92. The van der Waals surface area contributed by atoms with Crippen LogP contribution < -0.4 is 4.90 Å². The minimum atomic E-state index is -0.683. The van der Waals surface area contributed by atoms with Gasteiger partial charge in [-0.2, -0.15) is 4.99 Å². The lowest BCUT2D eigenvalue weighted by atomic mass is 10.3. The van der Waals surface area contributed by atoms with Gasteiger partial charge in [0.1, 0.15) is 0 Å². The van der Waals surface area contributed by atoms with Crippen LogP contribution in [0.4, 0.5) is 5.69 Å². The van der Waals surface area contributed by atoms with Gasteiger partial charge in [-0.25, -0.2) is 0 Å². The number of thioether (sulfide) groups is 1. The van der Waals surface area contributed by atoms with Crippen molar-refractivity contribution in [2.24, 2.45) is 4.99 Å². The van der Waals surface area contributed by atoms with E-state index in [0.717, 1.165) is 17.4 Å². The van der Waals surface area contributed by atoms with Gasteiger partial charge in [0.25, 0.3) is 5.12 Å². The Hall–Kier alpha value is -1.62. The SMILES string of the molecule is CN(C1=NC(=O)C(=O)S1)c1ccccc1. The van der Waals surface area contributed by atoms with E-state index in [4.69, 9.17) is 0 Å². The van der Waals surface area contributed by atoms with E-state index >= 15 is 0 Å². The van der Waals surface area contributed by atoms with Crippen molar-refractivity contribution in [3.05, 3.63) is 30.3 Å². The molecule has 0 aliphatic carbocycles. The van der Waals surface area contributed by atoms with Crippen molar-refractivity contribution < 1.29 is 9.59 Å². The van der Waals surface area contributed by atoms with Crippen LogP contribution in [0.2, 0.25) is 0 Å². The molecule has 1 aliphatic heterocycles. The van der Waals surface area contributed by atoms with Crippen molar-refractivity contribution >= 4 is 33.6 Å². The highest BCUT2D eigenvalue weighted by molar-refractivity contribution is 8.28. The molecular weight excluding hydrogens is 212 g/mol. The number of hydrogen-bond acceptors (Lipinski definition) is 4. The number of benzene rings is 1. The zero-order valence-electron chi connectivity index (χ0n) is 8.01. The third-order valence-electron chi connectivity index (χ3n) is 1.99. The average Bonchev–Trinajstić information content (AvgIpc) is 2.59. The maximum Gasteiger partial charge on any atom is 0.327 e. The smallest absolute Gasteiger partial charge is 0.324 e. The van der Waals surface area contributed by atoms with Crippen molar-refractivity contribution in [3.8, 4) is 0 Å². The van der Waals surface area contributed by atoms with E-state index in [9.17, 15) is 9.59 Å². The monoisotopic (exact) mass is 220 g/mol. The average molecular weight is 220 g/mol. The second-order valence-electron chi connectivity index (χ2n) is 2.98. The maximum absolute atomic E-state index is 11.0. The van der Waals surface area contributed by atoms with Crippen LogP contribution in [0.1, 0.15) is 0 Å². The van der Waals surface area contributed by atoms with Crippen molar-refractivity contribution in [1.29, 1.82) is 0 Å². The Morgan fingerprint density at radius 3 is 2.40 bits per heavy atom. The molecule has 0 atom stereocenters. The summed E-state index contributed by atoms with van der Waals surface area (Å²) in [6.07, 6.45) is 0. The molecular formula is C10H8N2O2S. The van der Waals surface area contributed by atoms with Crippen LogP contribution in [-0.4, -0.2) is 23.2 Å². The first-order valence-electron chi connectivity index (χ1n) is 4.32. The van der Waals surface area contributed by atoms with Crippen molar-refractivity contribution in [2.45, 2.75) is 0 Å². The number of hydrogen-bond donors (Lipinski definition) is 0. The molecule has 1 aliphatic rings. The highest BCUT2D eigenvalue weighted by Gasteiger charge is 2.28. The fourth-order valence-electron chi connectivity index (χ4n) is 1.19. The van der Waals surface area contributed by atoms with E-state index in [1.807, 2.05) is 30.3 Å². The Morgan fingerprint density at radius 1 is 1.20 bits per heavy atom. The molecule has 0 N–H and O–H groups in total. The van der Waals surface area contributed by atoms with Crippen molar-refractivity contribution in [2.75, 3.05) is 11.9 Å². The van der Waals surface area contributed by atoms with Crippen LogP contribution in [0.5, 0.6) is 0 Å². The van der Waals surface area contributed by atoms with E-state index in [0.29, 0.717) is 5.17 Å². The van der Waals surface area contributed by atoms with Crippen LogP contribution in [-0.2, 0) is 9.59 Å². The lowest BCUT2D eigenvalue weighted by Crippen LogP contribution is -2.21. The van der Waals surface area contributed by atoms with Gasteiger partial charge in [-0.15, -0.1) is 0 Å². The Bertz CT molecular complexity index is 442. The fraction of sp³-hybridized carbons (Fsp3) is 0.100. The zero-order chi connectivity index (χ0) is 10.8. The third-order valence-corrected chi connectivity index (χ3v) is 2.89. The van der Waals surface area contributed by atoms with Gasteiger partial charge in [-0.1, -0.05) is 18.2 Å². The number of anilines is 1. The molecule has 1 amide bonds. The summed E-state index contributed by atoms with van der Waals surface area (Å²) < 4.78 is 0. The molecule has 0 saturated carbocycles. The molecule has 0 spiro atoms. The number of amides is 1. The molecule has 4 nitrogen and oxygen atoms in total. The molecule has 5 heteroatoms. The first-order chi connectivity index (χ1) is 7.18. The number of nitrogens with zero attached hydrogens (tertiary/aromatic N) is 2. The Labute approximate surface area is 91.0 Å². The van der Waals surface area contributed by atoms with Crippen LogP contribution in [0, 0.1) is 0 Å². The molecule has 1 aromatic rings. The molecule has 1 heterocycles. The van der Waals surface area contributed by atoms with E-state index in [1.165, 1.54) is 0 Å². The molecule has 0 radical (unpaired) electrons. The number of para-hydroxylation sites is 1. The number of rotatable bonds is 1. The topological polar surface area (TPSA) is 49.7 Å². The summed E-state index contributed by atoms with van der Waals surface area (Å²) in [5.74, 6) is -0.683. The van der Waals surface area contributed by atoms with Gasteiger partial charge < -0.3 is 4.90 Å². The minimum absolute atomic E-state index is 0.427. The molecule has 0 unspecified atom stereocenters. The van der Waals surface area contributed by atoms with Gasteiger partial charge in [0, 0.05) is 12.7 Å². The zero-order valence-corrected chi connectivity index (χ0v) is 8.82. The molecule has 1 aromatic carbocycles. The lowest BCUT2D eigenvalue weighted by molar-refractivity contribution is -0.130. The van der Waals surface area contributed by atoms with E-state index in [1.54, 1.807) is 11.9 Å². The Balaban J connectivity index is 2.24. The Kier molecular flexibility index (Phi) is 2.55. The largest absolute Gasteiger partial charge is 0.327 e. The highest BCUT2D eigenvalue weighted by Crippen LogP contribution is 2.22. The predicted octanol–water partition coefficient (Wildman–Crippen LogP) is 1.28. The molecule has 76 valence electrons. The van der Waals surface area contributed by atoms with Gasteiger partial charge >= 0.3 is 5.91 Å². The summed E-state index contributed by atoms with van der Waals surface area (Å²) in [6, 6.07) is 9.44. The number of carbonyl (C=O) groups is 2. The molecule has 0 fully saturated rings. The Morgan fingerprint density at radius 2 is 1.87 bits per heavy atom. The summed E-state index contributed by atoms with van der Waals surface area (Å²) in [5, 5.41) is -0.0935. The van der Waals surface area contributed by atoms with Gasteiger partial charge in [0.15, 0.2) is 5.17 Å². The normalized spacial score (nSPS) is 15.4. The predicted molar refractivity (Wildman–Crippen MR) is 59.9 cm³/mol. The molecule has 0 bridgehead atoms. The molecule has 0 saturated heterocycles. The van der Waals surface area contributed by atoms with Crippen molar-refractivity contribution in [1.82, 2.24) is 0 Å². The molecule has 0 aromatic heterocycles. The number of aliphatic imine (C=N–C) groups is 1. The molecule has 2 rings (SSSR count). The minimum Gasteiger partial charge on any atom is -0.324 e. The van der Waals surface area contributed by atoms with E-state index < -0.39 is 11.0 Å². The van der Waals surface area contributed by atoms with Crippen LogP contribution in [0.15, 0.2) is 35.3 Å². The third kappa shape index (κ3) is 1.92. The van der Waals surface area contributed by atoms with Gasteiger partial charge in [-0.05, 0) is 23.9 Å². The summed E-state index contributed by atoms with van der Waals surface area (Å²) in [7, 11) is 1.77. The van der Waals surface area contributed by atoms with E-state index in [-0.39, 0.29) is 0 Å². The van der Waals surface area contributed by atoms with Crippen LogP contribution in [0.25, 0.3) is 0 Å². The number of amidine groups is 1. The first kappa shape index (κ1) is 9.92. The van der Waals surface area contributed by atoms with E-state index in [2.05, 4.69) is 4.99 Å². The van der Waals surface area contributed by atoms with Crippen molar-refractivity contribution in [3.63, 3.8) is 0 Å². The standard InChI is InChI=1S/C10H8N2O2S/c1-12(7-5-3-2-4-6-7)10-11-8(13)9(14)15-10/h2-6H,1H3. The highest BCUT2D eigenvalue weighted by atomic mass is 32.2. The van der Waals surface area contributed by atoms with Crippen LogP contribution in [0.3, 0.4) is 0 Å².